The van der Waals surface area contributed by atoms with Crippen LogP contribution in [0.5, 0.6) is 0 Å². The molecule has 2 saturated heterocycles. The van der Waals surface area contributed by atoms with E-state index in [1.807, 2.05) is 36.9 Å². The number of hydrogen-bond donors (Lipinski definition) is 0. The minimum Gasteiger partial charge on any atom is -0.460 e. The molecule has 2 aliphatic heterocycles. The number of imidazole rings is 1. The Morgan fingerprint density at radius 2 is 1.90 bits per heavy atom. The average molecular weight is 391 g/mol. The van der Waals surface area contributed by atoms with Crippen LogP contribution in [-0.2, 0) is 22.5 Å². The van der Waals surface area contributed by atoms with Crippen molar-refractivity contribution in [3.05, 3.63) is 48.5 Å². The van der Waals surface area contributed by atoms with E-state index in [9.17, 15) is 4.79 Å². The predicted octanol–water partition coefficient (Wildman–Crippen LogP) is 2.99. The van der Waals surface area contributed by atoms with E-state index in [2.05, 4.69) is 37.4 Å². The van der Waals surface area contributed by atoms with Gasteiger partial charge >= 0.3 is 5.97 Å². The molecular formula is C22H25N5O2. The van der Waals surface area contributed by atoms with Gasteiger partial charge in [-0.05, 0) is 37.0 Å². The normalized spacial score (nSPS) is 21.1. The zero-order valence-electron chi connectivity index (χ0n) is 16.6. The van der Waals surface area contributed by atoms with Crippen LogP contribution >= 0.6 is 0 Å². The van der Waals surface area contributed by atoms with Gasteiger partial charge in [-0.3, -0.25) is 4.79 Å². The fraction of sp³-hybridized carbons (Fsp3) is 0.455. The first kappa shape index (κ1) is 18.1. The summed E-state index contributed by atoms with van der Waals surface area (Å²) in [7, 11) is 0. The Morgan fingerprint density at radius 3 is 2.66 bits per heavy atom. The molecule has 1 atom stereocenters. The van der Waals surface area contributed by atoms with Crippen LogP contribution in [0.2, 0.25) is 0 Å². The first-order chi connectivity index (χ1) is 14.2. The summed E-state index contributed by atoms with van der Waals surface area (Å²) in [4.78, 5) is 28.4. The predicted molar refractivity (Wildman–Crippen MR) is 110 cm³/mol. The lowest BCUT2D eigenvalue weighted by molar-refractivity contribution is -0.150. The Morgan fingerprint density at radius 1 is 1.14 bits per heavy atom. The molecule has 1 unspecified atom stereocenters. The van der Waals surface area contributed by atoms with Crippen molar-refractivity contribution >= 4 is 23.0 Å². The van der Waals surface area contributed by atoms with Crippen molar-refractivity contribution in [2.45, 2.75) is 45.3 Å². The Kier molecular flexibility index (Phi) is 4.45. The van der Waals surface area contributed by atoms with Gasteiger partial charge in [0.25, 0.3) is 0 Å². The minimum absolute atomic E-state index is 0.0474. The molecule has 2 fully saturated rings. The number of nitrogens with zero attached hydrogens (tertiary/aromatic N) is 5. The molecule has 2 aliphatic rings. The largest absolute Gasteiger partial charge is 0.460 e. The van der Waals surface area contributed by atoms with Crippen molar-refractivity contribution in [2.75, 3.05) is 18.0 Å². The maximum atomic E-state index is 12.8. The molecule has 150 valence electrons. The van der Waals surface area contributed by atoms with Crippen LogP contribution in [-0.4, -0.2) is 44.7 Å². The van der Waals surface area contributed by atoms with Gasteiger partial charge in [-0.25, -0.2) is 15.0 Å². The molecule has 0 N–H and O–H groups in total. The summed E-state index contributed by atoms with van der Waals surface area (Å²) in [5, 5.41) is 0. The Labute approximate surface area is 169 Å². The minimum atomic E-state index is -0.374. The Balaban J connectivity index is 1.25. The molecule has 7 nitrogen and oxygen atoms in total. The lowest BCUT2D eigenvalue weighted by atomic mass is 9.76. The number of carbonyl (C=O) groups excluding carboxylic acids is 1. The van der Waals surface area contributed by atoms with Crippen LogP contribution in [0.15, 0.2) is 43.0 Å². The molecule has 29 heavy (non-hydrogen) atoms. The van der Waals surface area contributed by atoms with Gasteiger partial charge in [0.2, 0.25) is 5.95 Å². The van der Waals surface area contributed by atoms with Crippen LogP contribution in [0, 0.1) is 5.41 Å². The molecule has 0 saturated carbocycles. The summed E-state index contributed by atoms with van der Waals surface area (Å²) in [5.74, 6) is 0.707. The number of rotatable bonds is 4. The summed E-state index contributed by atoms with van der Waals surface area (Å²) in [6.45, 7) is 4.31. The van der Waals surface area contributed by atoms with Gasteiger partial charge in [0.05, 0.1) is 29.3 Å². The number of anilines is 1. The Bertz CT molecular complexity index is 1020. The lowest BCUT2D eigenvalue weighted by Crippen LogP contribution is -2.43. The lowest BCUT2D eigenvalue weighted by Gasteiger charge is -2.36. The number of ether oxygens (including phenoxy) is 1. The van der Waals surface area contributed by atoms with E-state index in [1.165, 1.54) is 0 Å². The van der Waals surface area contributed by atoms with Crippen LogP contribution in [0.25, 0.3) is 11.0 Å². The van der Waals surface area contributed by atoms with E-state index in [1.54, 1.807) is 0 Å². The molecule has 7 heteroatoms. The smallest absolute Gasteiger partial charge is 0.312 e. The van der Waals surface area contributed by atoms with Crippen LogP contribution in [0.1, 0.15) is 31.7 Å². The highest BCUT2D eigenvalue weighted by molar-refractivity contribution is 5.79. The molecule has 0 bridgehead atoms. The van der Waals surface area contributed by atoms with Crippen LogP contribution in [0.3, 0.4) is 0 Å². The summed E-state index contributed by atoms with van der Waals surface area (Å²) in [5.41, 5.74) is 2.80. The Hall–Kier alpha value is -2.96. The fourth-order valence-corrected chi connectivity index (χ4v) is 4.55. The number of piperidine rings is 1. The van der Waals surface area contributed by atoms with E-state index in [0.717, 1.165) is 61.3 Å². The van der Waals surface area contributed by atoms with E-state index in [0.29, 0.717) is 6.54 Å². The number of aryl methyl sites for hydroxylation is 1. The van der Waals surface area contributed by atoms with E-state index < -0.39 is 0 Å². The molecule has 0 radical (unpaired) electrons. The van der Waals surface area contributed by atoms with Gasteiger partial charge in [0.1, 0.15) is 6.10 Å². The number of esters is 1. The second-order valence-electron chi connectivity index (χ2n) is 8.13. The SMILES string of the molecule is CCc1cnc(N2CCC3(CC2)CC(Cn2cnc4ccccc42)OC3=O)nc1. The third-order valence-electron chi connectivity index (χ3n) is 6.36. The van der Waals surface area contributed by atoms with Gasteiger partial charge in [-0.2, -0.15) is 0 Å². The summed E-state index contributed by atoms with van der Waals surface area (Å²) < 4.78 is 7.90. The third-order valence-corrected chi connectivity index (χ3v) is 6.36. The quantitative estimate of drug-likeness (QED) is 0.637. The number of aromatic nitrogens is 4. The molecule has 3 aromatic rings. The van der Waals surface area contributed by atoms with Crippen LogP contribution in [0.4, 0.5) is 5.95 Å². The highest BCUT2D eigenvalue weighted by Gasteiger charge is 2.50. The second kappa shape index (κ2) is 7.13. The highest BCUT2D eigenvalue weighted by atomic mass is 16.6. The molecular weight excluding hydrogens is 366 g/mol. The average Bonchev–Trinajstić information content (AvgIpc) is 3.30. The first-order valence-corrected chi connectivity index (χ1v) is 10.3. The standard InChI is InChI=1S/C22H25N5O2/c1-2-16-12-23-21(24-13-16)26-9-7-22(8-10-26)11-17(29-20(22)28)14-27-15-25-18-5-3-4-6-19(18)27/h3-6,12-13,15,17H,2,7-11,14H2,1H3. The van der Waals surface area contributed by atoms with Crippen molar-refractivity contribution < 1.29 is 9.53 Å². The van der Waals surface area contributed by atoms with Gasteiger partial charge in [0.15, 0.2) is 0 Å². The van der Waals surface area contributed by atoms with Crippen molar-refractivity contribution in [1.82, 2.24) is 19.5 Å². The number of hydrogen-bond acceptors (Lipinski definition) is 6. The number of para-hydroxylation sites is 2. The number of carbonyl (C=O) groups is 1. The summed E-state index contributed by atoms with van der Waals surface area (Å²) >= 11 is 0. The van der Waals surface area contributed by atoms with Gasteiger partial charge in [0, 0.05) is 31.9 Å². The third kappa shape index (κ3) is 3.24. The van der Waals surface area contributed by atoms with Crippen molar-refractivity contribution in [1.29, 1.82) is 0 Å². The summed E-state index contributed by atoms with van der Waals surface area (Å²) in [6, 6.07) is 8.04. The zero-order chi connectivity index (χ0) is 19.8. The molecule has 5 rings (SSSR count). The van der Waals surface area contributed by atoms with Crippen LogP contribution < -0.4 is 4.90 Å². The van der Waals surface area contributed by atoms with Gasteiger partial charge < -0.3 is 14.2 Å². The number of benzene rings is 1. The van der Waals surface area contributed by atoms with Crippen molar-refractivity contribution in [3.8, 4) is 0 Å². The monoisotopic (exact) mass is 391 g/mol. The van der Waals surface area contributed by atoms with Gasteiger partial charge in [-0.1, -0.05) is 19.1 Å². The second-order valence-corrected chi connectivity index (χ2v) is 8.13. The van der Waals surface area contributed by atoms with E-state index >= 15 is 0 Å². The molecule has 1 aromatic carbocycles. The summed E-state index contributed by atoms with van der Waals surface area (Å²) in [6.07, 6.45) is 8.78. The number of cyclic esters (lactones) is 1. The fourth-order valence-electron chi connectivity index (χ4n) is 4.55. The van der Waals surface area contributed by atoms with E-state index in [-0.39, 0.29) is 17.5 Å². The molecule has 2 aromatic heterocycles. The van der Waals surface area contributed by atoms with Crippen molar-refractivity contribution in [2.24, 2.45) is 5.41 Å². The zero-order valence-corrected chi connectivity index (χ0v) is 16.6. The first-order valence-electron chi connectivity index (χ1n) is 10.3. The maximum absolute atomic E-state index is 12.8. The molecule has 0 aliphatic carbocycles. The van der Waals surface area contributed by atoms with E-state index in [4.69, 9.17) is 4.74 Å². The molecule has 1 spiro atoms. The maximum Gasteiger partial charge on any atom is 0.312 e. The molecule has 4 heterocycles. The number of fused-ring (bicyclic) bond motifs is 1. The van der Waals surface area contributed by atoms with Crippen molar-refractivity contribution in [3.63, 3.8) is 0 Å². The molecule has 0 amide bonds. The van der Waals surface area contributed by atoms with Gasteiger partial charge in [-0.15, -0.1) is 0 Å². The topological polar surface area (TPSA) is 73.1 Å². The highest BCUT2D eigenvalue weighted by Crippen LogP contribution is 2.44.